The van der Waals surface area contributed by atoms with Crippen LogP contribution >= 0.6 is 11.3 Å². The highest BCUT2D eigenvalue weighted by Gasteiger charge is 2.20. The first-order valence-corrected chi connectivity index (χ1v) is 19.9. The molecule has 4 heterocycles. The molecule has 4 aromatic heterocycles. The third-order valence-corrected chi connectivity index (χ3v) is 12.4. The second-order valence-corrected chi connectivity index (χ2v) is 15.5. The smallest absolute Gasteiger partial charge is 0.165 e. The summed E-state index contributed by atoms with van der Waals surface area (Å²) in [5.74, 6) is 1.96. The van der Waals surface area contributed by atoms with E-state index in [1.807, 2.05) is 18.2 Å². The highest BCUT2D eigenvalue weighted by Crippen LogP contribution is 2.41. The fourth-order valence-electron chi connectivity index (χ4n) is 8.59. The van der Waals surface area contributed by atoms with Gasteiger partial charge in [-0.3, -0.25) is 0 Å². The van der Waals surface area contributed by atoms with Gasteiger partial charge in [-0.2, -0.15) is 0 Å². The molecule has 5 nitrogen and oxygen atoms in total. The Morgan fingerprint density at radius 1 is 0.333 bits per heavy atom. The van der Waals surface area contributed by atoms with Crippen molar-refractivity contribution in [1.29, 1.82) is 0 Å². The summed E-state index contributed by atoms with van der Waals surface area (Å²) in [6.45, 7) is 0. The van der Waals surface area contributed by atoms with Crippen LogP contribution in [0.2, 0.25) is 0 Å². The van der Waals surface area contributed by atoms with Gasteiger partial charge < -0.3 is 9.13 Å². The Morgan fingerprint density at radius 3 is 1.51 bits per heavy atom. The number of nitrogens with zero attached hydrogens (tertiary/aromatic N) is 5. The lowest BCUT2D eigenvalue weighted by Crippen LogP contribution is -2.00. The fourth-order valence-corrected chi connectivity index (χ4v) is 9.80. The van der Waals surface area contributed by atoms with Crippen LogP contribution < -0.4 is 0 Å². The molecule has 0 aliphatic heterocycles. The molecule has 0 fully saturated rings. The Bertz CT molecular complexity index is 3510. The maximum atomic E-state index is 5.18. The summed E-state index contributed by atoms with van der Waals surface area (Å²) in [7, 11) is 0. The van der Waals surface area contributed by atoms with Gasteiger partial charge in [0.05, 0.1) is 22.1 Å². The molecule has 0 aliphatic rings. The van der Waals surface area contributed by atoms with E-state index in [1.54, 1.807) is 11.3 Å². The number of hydrogen-bond donors (Lipinski definition) is 0. The molecule has 0 aliphatic carbocycles. The van der Waals surface area contributed by atoms with Crippen molar-refractivity contribution in [2.45, 2.75) is 0 Å². The highest BCUT2D eigenvalue weighted by molar-refractivity contribution is 7.26. The molecule has 0 atom stereocenters. The van der Waals surface area contributed by atoms with Gasteiger partial charge in [0.1, 0.15) is 0 Å². The van der Waals surface area contributed by atoms with Crippen LogP contribution in [0.25, 0.3) is 109 Å². The SMILES string of the molecule is c1ccc(-c2nc(-c3ccc(-n4c5ccccc5c5cc6c7ccccc7n(-c7ccccc7)c6cc54)cc3)nc(-c3cccc4c3sc3ccccc34)n2)cc1. The lowest BCUT2D eigenvalue weighted by atomic mass is 10.1. The van der Waals surface area contributed by atoms with Gasteiger partial charge in [0.15, 0.2) is 17.5 Å². The first kappa shape index (κ1) is 31.9. The Kier molecular flexibility index (Phi) is 7.03. The van der Waals surface area contributed by atoms with Gasteiger partial charge >= 0.3 is 0 Å². The minimum atomic E-state index is 0.639. The topological polar surface area (TPSA) is 48.5 Å². The van der Waals surface area contributed by atoms with Gasteiger partial charge in [0.2, 0.25) is 0 Å². The molecule has 0 bridgehead atoms. The van der Waals surface area contributed by atoms with E-state index in [0.29, 0.717) is 17.5 Å². The largest absolute Gasteiger partial charge is 0.309 e. The third-order valence-electron chi connectivity index (χ3n) is 11.2. The number of benzene rings is 8. The summed E-state index contributed by atoms with van der Waals surface area (Å²) in [4.78, 5) is 15.4. The Morgan fingerprint density at radius 2 is 0.842 bits per heavy atom. The third kappa shape index (κ3) is 4.98. The zero-order chi connectivity index (χ0) is 37.5. The molecule has 57 heavy (non-hydrogen) atoms. The lowest BCUT2D eigenvalue weighted by molar-refractivity contribution is 1.08. The fraction of sp³-hybridized carbons (Fsp3) is 0. The predicted octanol–water partition coefficient (Wildman–Crippen LogP) is 13.4. The van der Waals surface area contributed by atoms with Crippen molar-refractivity contribution in [2.24, 2.45) is 0 Å². The summed E-state index contributed by atoms with van der Waals surface area (Å²) in [5.41, 5.74) is 9.79. The summed E-state index contributed by atoms with van der Waals surface area (Å²) in [6, 6.07) is 66.7. The standard InChI is InChI=1S/C51H31N5S/c1-3-14-32(15-4-1)49-52-50(54-51(53-49)40-22-13-21-39-38-20-9-12-25-47(38)57-48(39)40)33-26-28-35(29-27-33)56-44-24-11-8-19-37(44)42-30-41-36-18-7-10-23-43(36)55(45(41)31-46(42)56)34-16-5-2-6-17-34/h1-31H. The predicted molar refractivity (Wildman–Crippen MR) is 238 cm³/mol. The summed E-state index contributed by atoms with van der Waals surface area (Å²) in [5, 5.41) is 7.40. The summed E-state index contributed by atoms with van der Waals surface area (Å²) < 4.78 is 7.20. The number of thiophene rings is 1. The molecule has 0 N–H and O–H groups in total. The molecular formula is C51H31N5S. The van der Waals surface area contributed by atoms with Gasteiger partial charge in [0.25, 0.3) is 0 Å². The van der Waals surface area contributed by atoms with E-state index in [4.69, 9.17) is 15.0 Å². The van der Waals surface area contributed by atoms with Crippen LogP contribution in [0.1, 0.15) is 0 Å². The Balaban J connectivity index is 1.04. The second-order valence-electron chi connectivity index (χ2n) is 14.4. The molecule has 8 aromatic carbocycles. The van der Waals surface area contributed by atoms with Crippen molar-refractivity contribution in [3.8, 4) is 45.5 Å². The second kappa shape index (κ2) is 12.6. The molecule has 12 rings (SSSR count). The van der Waals surface area contributed by atoms with E-state index < -0.39 is 0 Å². The first-order chi connectivity index (χ1) is 28.3. The van der Waals surface area contributed by atoms with Crippen molar-refractivity contribution < 1.29 is 0 Å². The average Bonchev–Trinajstić information content (AvgIpc) is 3.93. The van der Waals surface area contributed by atoms with Crippen molar-refractivity contribution >= 4 is 75.1 Å². The van der Waals surface area contributed by atoms with Crippen LogP contribution in [0.4, 0.5) is 0 Å². The van der Waals surface area contributed by atoms with E-state index in [-0.39, 0.29) is 0 Å². The number of para-hydroxylation sites is 3. The molecule has 12 aromatic rings. The number of aromatic nitrogens is 5. The van der Waals surface area contributed by atoms with Gasteiger partial charge in [0, 0.05) is 69.8 Å². The molecule has 6 heteroatoms. The van der Waals surface area contributed by atoms with E-state index in [0.717, 1.165) is 39.1 Å². The summed E-state index contributed by atoms with van der Waals surface area (Å²) in [6.07, 6.45) is 0. The quantitative estimate of drug-likeness (QED) is 0.176. The maximum absolute atomic E-state index is 5.18. The van der Waals surface area contributed by atoms with Gasteiger partial charge in [-0.05, 0) is 72.8 Å². The minimum absolute atomic E-state index is 0.639. The summed E-state index contributed by atoms with van der Waals surface area (Å²) >= 11 is 1.79. The van der Waals surface area contributed by atoms with Crippen molar-refractivity contribution in [1.82, 2.24) is 24.1 Å². The van der Waals surface area contributed by atoms with Crippen LogP contribution in [0.3, 0.4) is 0 Å². The zero-order valence-corrected chi connectivity index (χ0v) is 31.4. The van der Waals surface area contributed by atoms with Crippen LogP contribution in [0, 0.1) is 0 Å². The maximum Gasteiger partial charge on any atom is 0.165 e. The monoisotopic (exact) mass is 745 g/mol. The van der Waals surface area contributed by atoms with Crippen molar-refractivity contribution in [3.05, 3.63) is 188 Å². The van der Waals surface area contributed by atoms with Crippen molar-refractivity contribution in [3.63, 3.8) is 0 Å². The number of rotatable bonds is 5. The Labute approximate surface area is 331 Å². The average molecular weight is 746 g/mol. The minimum Gasteiger partial charge on any atom is -0.309 e. The Hall–Kier alpha value is -7.41. The lowest BCUT2D eigenvalue weighted by Gasteiger charge is -2.12. The zero-order valence-electron chi connectivity index (χ0n) is 30.5. The molecule has 0 saturated carbocycles. The normalized spacial score (nSPS) is 11.9. The molecule has 0 saturated heterocycles. The number of hydrogen-bond acceptors (Lipinski definition) is 4. The van der Waals surface area contributed by atoms with Gasteiger partial charge in [-0.15, -0.1) is 11.3 Å². The van der Waals surface area contributed by atoms with Gasteiger partial charge in [-0.25, -0.2) is 15.0 Å². The molecule has 266 valence electrons. The van der Waals surface area contributed by atoms with Gasteiger partial charge in [-0.1, -0.05) is 115 Å². The van der Waals surface area contributed by atoms with Crippen LogP contribution in [-0.4, -0.2) is 24.1 Å². The van der Waals surface area contributed by atoms with Crippen LogP contribution in [0.15, 0.2) is 188 Å². The van der Waals surface area contributed by atoms with E-state index in [1.165, 1.54) is 52.8 Å². The van der Waals surface area contributed by atoms with Crippen molar-refractivity contribution in [2.75, 3.05) is 0 Å². The first-order valence-electron chi connectivity index (χ1n) is 19.1. The molecule has 0 unspecified atom stereocenters. The number of fused-ring (bicyclic) bond motifs is 9. The molecule has 0 radical (unpaired) electrons. The molecule has 0 amide bonds. The van der Waals surface area contributed by atoms with Crippen LogP contribution in [-0.2, 0) is 0 Å². The van der Waals surface area contributed by atoms with Crippen LogP contribution in [0.5, 0.6) is 0 Å². The van der Waals surface area contributed by atoms with E-state index in [2.05, 4.69) is 179 Å². The molecular weight excluding hydrogens is 715 g/mol. The molecule has 0 spiro atoms. The highest BCUT2D eigenvalue weighted by atomic mass is 32.1. The van der Waals surface area contributed by atoms with E-state index >= 15 is 0 Å². The van der Waals surface area contributed by atoms with E-state index in [9.17, 15) is 0 Å².